The van der Waals surface area contributed by atoms with Crippen LogP contribution in [0.2, 0.25) is 0 Å². The number of halogens is 4. The average Bonchev–Trinajstić information content (AvgIpc) is 2.38. The third kappa shape index (κ3) is 3.46. The zero-order chi connectivity index (χ0) is 15.7. The molecule has 0 heterocycles. The van der Waals surface area contributed by atoms with Crippen LogP contribution in [0.4, 0.5) is 23.2 Å². The molecule has 3 N–H and O–H groups in total. The number of rotatable bonds is 3. The van der Waals surface area contributed by atoms with Crippen LogP contribution >= 0.6 is 0 Å². The van der Waals surface area contributed by atoms with Crippen molar-refractivity contribution < 1.29 is 22.4 Å². The predicted molar refractivity (Wildman–Crippen MR) is 70.0 cm³/mol. The predicted octanol–water partition coefficient (Wildman–Crippen LogP) is 3.21. The molecule has 0 unspecified atom stereocenters. The van der Waals surface area contributed by atoms with Gasteiger partial charge in [0.1, 0.15) is 11.4 Å². The Morgan fingerprint density at radius 3 is 2.38 bits per heavy atom. The summed E-state index contributed by atoms with van der Waals surface area (Å²) in [6, 6.07) is 5.42. The Balaban J connectivity index is 2.15. The number of primary amides is 1. The fraction of sp³-hybridized carbons (Fsp3) is 0.500. The zero-order valence-electron chi connectivity index (χ0n) is 11.2. The van der Waals surface area contributed by atoms with Gasteiger partial charge in [0.15, 0.2) is 0 Å². The molecule has 1 saturated carbocycles. The molecule has 1 aromatic rings. The van der Waals surface area contributed by atoms with Crippen molar-refractivity contribution in [1.29, 1.82) is 0 Å². The molecule has 0 aromatic heterocycles. The number of alkyl halides is 3. The van der Waals surface area contributed by atoms with E-state index in [1.54, 1.807) is 6.07 Å². The summed E-state index contributed by atoms with van der Waals surface area (Å²) < 4.78 is 51.2. The summed E-state index contributed by atoms with van der Waals surface area (Å²) in [6.45, 7) is 0. The van der Waals surface area contributed by atoms with Gasteiger partial charge < -0.3 is 11.1 Å². The lowest BCUT2D eigenvalue weighted by atomic mass is 9.75. The maximum absolute atomic E-state index is 13.2. The van der Waals surface area contributed by atoms with Gasteiger partial charge in [-0.2, -0.15) is 13.2 Å². The first kappa shape index (κ1) is 15.6. The topological polar surface area (TPSA) is 55.1 Å². The molecular weight excluding hydrogens is 288 g/mol. The molecule has 0 atom stereocenters. The van der Waals surface area contributed by atoms with Crippen LogP contribution in [0.25, 0.3) is 0 Å². The maximum atomic E-state index is 13.2. The van der Waals surface area contributed by atoms with Gasteiger partial charge in [0, 0.05) is 5.69 Å². The number of hydrogen-bond donors (Lipinski definition) is 2. The van der Waals surface area contributed by atoms with Crippen molar-refractivity contribution >= 4 is 11.6 Å². The van der Waals surface area contributed by atoms with Crippen molar-refractivity contribution in [3.05, 3.63) is 30.1 Å². The van der Waals surface area contributed by atoms with E-state index >= 15 is 0 Å². The molecule has 1 aliphatic rings. The van der Waals surface area contributed by atoms with Crippen LogP contribution in [0, 0.1) is 11.7 Å². The average molecular weight is 304 g/mol. The number of anilines is 1. The standard InChI is InChI=1S/C14H16F4N2O/c15-10-2-1-3-11(8-10)20-13(12(19)21)6-4-9(5-7-13)14(16,17)18/h1-3,8-9,20H,4-7H2,(H2,19,21). The number of nitrogens with one attached hydrogen (secondary N) is 1. The first-order valence-corrected chi connectivity index (χ1v) is 6.63. The van der Waals surface area contributed by atoms with Gasteiger partial charge in [-0.3, -0.25) is 4.79 Å². The summed E-state index contributed by atoms with van der Waals surface area (Å²) >= 11 is 0. The number of carbonyl (C=O) groups excluding carboxylic acids is 1. The summed E-state index contributed by atoms with van der Waals surface area (Å²) in [7, 11) is 0. The molecule has 21 heavy (non-hydrogen) atoms. The van der Waals surface area contributed by atoms with Gasteiger partial charge in [-0.15, -0.1) is 0 Å². The molecule has 0 aliphatic heterocycles. The molecule has 2 rings (SSSR count). The molecule has 1 aromatic carbocycles. The van der Waals surface area contributed by atoms with E-state index in [1.165, 1.54) is 18.2 Å². The van der Waals surface area contributed by atoms with Crippen LogP contribution in [0.3, 0.4) is 0 Å². The minimum absolute atomic E-state index is 0.0248. The van der Waals surface area contributed by atoms with Crippen LogP contribution in [-0.4, -0.2) is 17.6 Å². The highest BCUT2D eigenvalue weighted by Crippen LogP contribution is 2.42. The third-order valence-electron chi connectivity index (χ3n) is 3.98. The second kappa shape index (κ2) is 5.54. The molecular formula is C14H16F4N2O. The largest absolute Gasteiger partial charge is 0.391 e. The molecule has 1 amide bonds. The van der Waals surface area contributed by atoms with Crippen LogP contribution in [-0.2, 0) is 4.79 Å². The normalized spacial score (nSPS) is 26.4. The summed E-state index contributed by atoms with van der Waals surface area (Å²) in [6.07, 6.45) is -4.65. The number of hydrogen-bond acceptors (Lipinski definition) is 2. The van der Waals surface area contributed by atoms with Crippen molar-refractivity contribution in [3.8, 4) is 0 Å². The maximum Gasteiger partial charge on any atom is 0.391 e. The van der Waals surface area contributed by atoms with Crippen molar-refractivity contribution in [2.45, 2.75) is 37.4 Å². The van der Waals surface area contributed by atoms with E-state index in [1.807, 2.05) is 0 Å². The van der Waals surface area contributed by atoms with Gasteiger partial charge in [-0.1, -0.05) is 6.07 Å². The van der Waals surface area contributed by atoms with Crippen LogP contribution in [0.15, 0.2) is 24.3 Å². The smallest absolute Gasteiger partial charge is 0.371 e. The molecule has 0 bridgehead atoms. The summed E-state index contributed by atoms with van der Waals surface area (Å²) in [5.41, 5.74) is 4.44. The molecule has 1 fully saturated rings. The molecule has 0 spiro atoms. The number of benzene rings is 1. The molecule has 116 valence electrons. The fourth-order valence-corrected chi connectivity index (χ4v) is 2.71. The van der Waals surface area contributed by atoms with Crippen molar-refractivity contribution in [1.82, 2.24) is 0 Å². The fourth-order valence-electron chi connectivity index (χ4n) is 2.71. The Bertz CT molecular complexity index is 522. The summed E-state index contributed by atoms with van der Waals surface area (Å²) in [5.74, 6) is -2.63. The SMILES string of the molecule is NC(=O)C1(Nc2cccc(F)c2)CCC(C(F)(F)F)CC1. The quantitative estimate of drug-likeness (QED) is 0.843. The van der Waals surface area contributed by atoms with Crippen LogP contribution in [0.1, 0.15) is 25.7 Å². The highest BCUT2D eigenvalue weighted by molar-refractivity contribution is 5.88. The van der Waals surface area contributed by atoms with E-state index in [0.717, 1.165) is 0 Å². The molecule has 0 saturated heterocycles. The number of nitrogens with two attached hydrogens (primary N) is 1. The monoisotopic (exact) mass is 304 g/mol. The van der Waals surface area contributed by atoms with E-state index in [-0.39, 0.29) is 25.7 Å². The Labute approximate surface area is 119 Å². The lowest BCUT2D eigenvalue weighted by Gasteiger charge is -2.39. The van der Waals surface area contributed by atoms with Gasteiger partial charge >= 0.3 is 6.18 Å². The zero-order valence-corrected chi connectivity index (χ0v) is 11.2. The van der Waals surface area contributed by atoms with Gasteiger partial charge in [0.25, 0.3) is 0 Å². The molecule has 7 heteroatoms. The molecule has 1 aliphatic carbocycles. The Hall–Kier alpha value is -1.79. The van der Waals surface area contributed by atoms with E-state index in [4.69, 9.17) is 5.73 Å². The first-order chi connectivity index (χ1) is 9.73. The second-order valence-corrected chi connectivity index (χ2v) is 5.40. The van der Waals surface area contributed by atoms with Crippen molar-refractivity contribution in [2.24, 2.45) is 11.7 Å². The van der Waals surface area contributed by atoms with Crippen LogP contribution < -0.4 is 11.1 Å². The number of amides is 1. The first-order valence-electron chi connectivity index (χ1n) is 6.63. The highest BCUT2D eigenvalue weighted by atomic mass is 19.4. The van der Waals surface area contributed by atoms with E-state index in [0.29, 0.717) is 5.69 Å². The van der Waals surface area contributed by atoms with Crippen molar-refractivity contribution in [3.63, 3.8) is 0 Å². The van der Waals surface area contributed by atoms with Gasteiger partial charge in [0.2, 0.25) is 5.91 Å². The van der Waals surface area contributed by atoms with Crippen LogP contribution in [0.5, 0.6) is 0 Å². The van der Waals surface area contributed by atoms with Crippen molar-refractivity contribution in [2.75, 3.05) is 5.32 Å². The number of carbonyl (C=O) groups is 1. The Morgan fingerprint density at radius 1 is 1.29 bits per heavy atom. The van der Waals surface area contributed by atoms with Gasteiger partial charge in [-0.25, -0.2) is 4.39 Å². The molecule has 0 radical (unpaired) electrons. The van der Waals surface area contributed by atoms with E-state index < -0.39 is 29.4 Å². The van der Waals surface area contributed by atoms with E-state index in [9.17, 15) is 22.4 Å². The van der Waals surface area contributed by atoms with Gasteiger partial charge in [-0.05, 0) is 43.9 Å². The Morgan fingerprint density at radius 2 is 1.90 bits per heavy atom. The minimum atomic E-state index is -4.26. The van der Waals surface area contributed by atoms with E-state index in [2.05, 4.69) is 5.32 Å². The lowest BCUT2D eigenvalue weighted by Crippen LogP contribution is -2.53. The van der Waals surface area contributed by atoms with Gasteiger partial charge in [0.05, 0.1) is 5.92 Å². The summed E-state index contributed by atoms with van der Waals surface area (Å²) in [4.78, 5) is 11.7. The summed E-state index contributed by atoms with van der Waals surface area (Å²) in [5, 5.41) is 2.82. The lowest BCUT2D eigenvalue weighted by molar-refractivity contribution is -0.184. The second-order valence-electron chi connectivity index (χ2n) is 5.40. The Kier molecular flexibility index (Phi) is 4.11. The molecule has 3 nitrogen and oxygen atoms in total. The highest BCUT2D eigenvalue weighted by Gasteiger charge is 2.48. The minimum Gasteiger partial charge on any atom is -0.371 e. The third-order valence-corrected chi connectivity index (χ3v) is 3.98.